The summed E-state index contributed by atoms with van der Waals surface area (Å²) in [5.41, 5.74) is 0.00692. The fourth-order valence-corrected chi connectivity index (χ4v) is 1.54. The number of hydrogen-bond donors (Lipinski definition) is 1. The third-order valence-corrected chi connectivity index (χ3v) is 2.33. The van der Waals surface area contributed by atoms with Crippen LogP contribution in [0.2, 0.25) is 0 Å². The molecule has 0 amide bonds. The highest BCUT2D eigenvalue weighted by Crippen LogP contribution is 2.24. The molecule has 5 nitrogen and oxygen atoms in total. The average Bonchev–Trinajstić information content (AvgIpc) is 2.29. The summed E-state index contributed by atoms with van der Waals surface area (Å²) in [6, 6.07) is 4.64. The zero-order valence-corrected chi connectivity index (χ0v) is 10.1. The molecule has 2 heterocycles. The van der Waals surface area contributed by atoms with Gasteiger partial charge in [0, 0.05) is 16.9 Å². The Kier molecular flexibility index (Phi) is 3.34. The molecule has 17 heavy (non-hydrogen) atoms. The maximum atomic E-state index is 10.9. The second kappa shape index (κ2) is 4.92. The van der Waals surface area contributed by atoms with Gasteiger partial charge in [-0.15, -0.1) is 0 Å². The lowest BCUT2D eigenvalue weighted by molar-refractivity contribution is 0.0693. The predicted octanol–water partition coefficient (Wildman–Crippen LogP) is 2.73. The number of nitrogens with zero attached hydrogens (tertiary/aromatic N) is 2. The molecule has 2 rings (SSSR count). The number of carboxylic acids is 1. The number of halogens is 1. The van der Waals surface area contributed by atoms with Gasteiger partial charge in [0.2, 0.25) is 5.88 Å². The van der Waals surface area contributed by atoms with Gasteiger partial charge in [-0.25, -0.2) is 9.78 Å². The Bertz CT molecular complexity index is 560. The normalized spacial score (nSPS) is 9.94. The van der Waals surface area contributed by atoms with Gasteiger partial charge in [-0.05, 0) is 34.1 Å². The van der Waals surface area contributed by atoms with Crippen LogP contribution in [0.15, 0.2) is 41.3 Å². The first kappa shape index (κ1) is 11.5. The average molecular weight is 295 g/mol. The fourth-order valence-electron chi connectivity index (χ4n) is 1.19. The number of hydrogen-bond acceptors (Lipinski definition) is 4. The number of aromatic nitrogens is 2. The molecule has 0 saturated carbocycles. The van der Waals surface area contributed by atoms with Crippen LogP contribution in [-0.2, 0) is 0 Å². The molecule has 0 saturated heterocycles. The highest BCUT2D eigenvalue weighted by Gasteiger charge is 2.12. The monoisotopic (exact) mass is 294 g/mol. The van der Waals surface area contributed by atoms with E-state index in [1.54, 1.807) is 12.3 Å². The zero-order chi connectivity index (χ0) is 12.3. The third-order valence-electron chi connectivity index (χ3n) is 1.90. The van der Waals surface area contributed by atoms with Crippen LogP contribution in [0.5, 0.6) is 11.6 Å². The lowest BCUT2D eigenvalue weighted by Crippen LogP contribution is -2.01. The van der Waals surface area contributed by atoms with Crippen molar-refractivity contribution in [1.82, 2.24) is 9.97 Å². The van der Waals surface area contributed by atoms with Gasteiger partial charge in [-0.3, -0.25) is 4.98 Å². The van der Waals surface area contributed by atoms with Gasteiger partial charge in [0.1, 0.15) is 11.3 Å². The van der Waals surface area contributed by atoms with Gasteiger partial charge in [0.25, 0.3) is 0 Å². The third kappa shape index (κ3) is 2.79. The number of pyridine rings is 2. The molecular weight excluding hydrogens is 288 g/mol. The van der Waals surface area contributed by atoms with Gasteiger partial charge >= 0.3 is 5.97 Å². The standard InChI is InChI=1S/C11H7BrN2O3/c12-7-4-8(6-13-5-7)17-10-9(11(15)16)2-1-3-14-10/h1-6H,(H,15,16). The lowest BCUT2D eigenvalue weighted by Gasteiger charge is -2.06. The van der Waals surface area contributed by atoms with Crippen molar-refractivity contribution in [3.05, 3.63) is 46.8 Å². The van der Waals surface area contributed by atoms with Gasteiger partial charge < -0.3 is 9.84 Å². The Morgan fingerprint density at radius 1 is 1.41 bits per heavy atom. The van der Waals surface area contributed by atoms with Crippen molar-refractivity contribution in [2.24, 2.45) is 0 Å². The topological polar surface area (TPSA) is 72.3 Å². The molecule has 0 aliphatic rings. The summed E-state index contributed by atoms with van der Waals surface area (Å²) in [6.07, 6.45) is 4.54. The first-order valence-corrected chi connectivity index (χ1v) is 5.43. The van der Waals surface area contributed by atoms with Crippen molar-refractivity contribution in [3.63, 3.8) is 0 Å². The Morgan fingerprint density at radius 2 is 2.24 bits per heavy atom. The molecule has 0 atom stereocenters. The smallest absolute Gasteiger partial charge is 0.341 e. The Morgan fingerprint density at radius 3 is 2.94 bits per heavy atom. The number of ether oxygens (including phenoxy) is 1. The molecule has 0 fully saturated rings. The number of rotatable bonds is 3. The van der Waals surface area contributed by atoms with Crippen LogP contribution in [0.1, 0.15) is 10.4 Å². The van der Waals surface area contributed by atoms with E-state index in [0.717, 1.165) is 4.47 Å². The second-order valence-corrected chi connectivity index (χ2v) is 4.02. The van der Waals surface area contributed by atoms with Gasteiger partial charge in [0.05, 0.1) is 6.20 Å². The number of aromatic carboxylic acids is 1. The minimum atomic E-state index is -1.09. The van der Waals surface area contributed by atoms with Crippen molar-refractivity contribution in [2.75, 3.05) is 0 Å². The van der Waals surface area contributed by atoms with Crippen LogP contribution in [-0.4, -0.2) is 21.0 Å². The van der Waals surface area contributed by atoms with Crippen LogP contribution in [0.3, 0.4) is 0 Å². The summed E-state index contributed by atoms with van der Waals surface area (Å²) in [5.74, 6) is -0.628. The van der Waals surface area contributed by atoms with E-state index >= 15 is 0 Å². The molecule has 86 valence electrons. The summed E-state index contributed by atoms with van der Waals surface area (Å²) in [7, 11) is 0. The van der Waals surface area contributed by atoms with E-state index < -0.39 is 5.97 Å². The Balaban J connectivity index is 2.33. The first-order chi connectivity index (χ1) is 8.16. The Labute approximate surface area is 105 Å². The molecule has 2 aromatic heterocycles. The second-order valence-electron chi connectivity index (χ2n) is 3.10. The molecule has 0 bridgehead atoms. The molecule has 0 aliphatic carbocycles. The summed E-state index contributed by atoms with van der Waals surface area (Å²) in [6.45, 7) is 0. The van der Waals surface area contributed by atoms with Crippen molar-refractivity contribution in [1.29, 1.82) is 0 Å². The number of carbonyl (C=O) groups is 1. The summed E-state index contributed by atoms with van der Waals surface area (Å²) in [4.78, 5) is 18.7. The SMILES string of the molecule is O=C(O)c1cccnc1Oc1cncc(Br)c1. The molecule has 0 unspecified atom stereocenters. The summed E-state index contributed by atoms with van der Waals surface area (Å²) >= 11 is 3.24. The quantitative estimate of drug-likeness (QED) is 0.942. The van der Waals surface area contributed by atoms with E-state index in [4.69, 9.17) is 9.84 Å². The molecule has 0 aliphatic heterocycles. The van der Waals surface area contributed by atoms with E-state index in [2.05, 4.69) is 25.9 Å². The first-order valence-electron chi connectivity index (χ1n) is 4.63. The minimum absolute atomic E-state index is 0.00692. The van der Waals surface area contributed by atoms with Crippen molar-refractivity contribution in [3.8, 4) is 11.6 Å². The minimum Gasteiger partial charge on any atom is -0.477 e. The summed E-state index contributed by atoms with van der Waals surface area (Å²) < 4.78 is 6.11. The van der Waals surface area contributed by atoms with Crippen LogP contribution < -0.4 is 4.74 Å². The maximum absolute atomic E-state index is 10.9. The Hall–Kier alpha value is -1.95. The van der Waals surface area contributed by atoms with Crippen LogP contribution >= 0.6 is 15.9 Å². The highest BCUT2D eigenvalue weighted by atomic mass is 79.9. The van der Waals surface area contributed by atoms with E-state index in [-0.39, 0.29) is 11.4 Å². The van der Waals surface area contributed by atoms with Crippen LogP contribution in [0.4, 0.5) is 0 Å². The predicted molar refractivity (Wildman–Crippen MR) is 63.2 cm³/mol. The van der Waals surface area contributed by atoms with Crippen molar-refractivity contribution < 1.29 is 14.6 Å². The largest absolute Gasteiger partial charge is 0.477 e. The van der Waals surface area contributed by atoms with E-state index in [9.17, 15) is 4.79 Å². The van der Waals surface area contributed by atoms with Crippen LogP contribution in [0, 0.1) is 0 Å². The van der Waals surface area contributed by atoms with Crippen molar-refractivity contribution >= 4 is 21.9 Å². The molecule has 0 spiro atoms. The van der Waals surface area contributed by atoms with E-state index in [1.165, 1.54) is 24.5 Å². The molecule has 0 aromatic carbocycles. The van der Waals surface area contributed by atoms with Gasteiger partial charge in [-0.1, -0.05) is 0 Å². The molecule has 2 aromatic rings. The van der Waals surface area contributed by atoms with Crippen LogP contribution in [0.25, 0.3) is 0 Å². The molecule has 1 N–H and O–H groups in total. The van der Waals surface area contributed by atoms with E-state index in [0.29, 0.717) is 5.75 Å². The molecule has 0 radical (unpaired) electrons. The maximum Gasteiger partial charge on any atom is 0.341 e. The highest BCUT2D eigenvalue weighted by molar-refractivity contribution is 9.10. The number of carboxylic acid groups (broad SMARTS) is 1. The lowest BCUT2D eigenvalue weighted by atomic mass is 10.3. The van der Waals surface area contributed by atoms with E-state index in [1.807, 2.05) is 0 Å². The fraction of sp³-hybridized carbons (Fsp3) is 0. The molecular formula is C11H7BrN2O3. The summed E-state index contributed by atoms with van der Waals surface area (Å²) in [5, 5.41) is 8.95. The zero-order valence-electron chi connectivity index (χ0n) is 8.50. The molecule has 6 heteroatoms. The van der Waals surface area contributed by atoms with Crippen molar-refractivity contribution in [2.45, 2.75) is 0 Å². The van der Waals surface area contributed by atoms with Gasteiger partial charge in [-0.2, -0.15) is 0 Å². The van der Waals surface area contributed by atoms with Gasteiger partial charge in [0.15, 0.2) is 0 Å².